The Bertz CT molecular complexity index is 835. The van der Waals surface area contributed by atoms with Gasteiger partial charge in [-0.15, -0.1) is 0 Å². The summed E-state index contributed by atoms with van der Waals surface area (Å²) < 4.78 is 10.4. The van der Waals surface area contributed by atoms with Crippen LogP contribution in [-0.4, -0.2) is 25.1 Å². The number of amides is 1. The van der Waals surface area contributed by atoms with E-state index in [9.17, 15) is 9.59 Å². The number of esters is 1. The average molecular weight is 374 g/mol. The zero-order valence-electron chi connectivity index (χ0n) is 14.5. The Morgan fingerprint density at radius 3 is 2.77 bits per heavy atom. The molecule has 0 unspecified atom stereocenters. The van der Waals surface area contributed by atoms with Gasteiger partial charge in [0.25, 0.3) is 5.91 Å². The molecule has 26 heavy (non-hydrogen) atoms. The molecule has 0 heterocycles. The average Bonchev–Trinajstić information content (AvgIpc) is 3.10. The van der Waals surface area contributed by atoms with Crippen LogP contribution in [0.25, 0.3) is 0 Å². The maximum atomic E-state index is 11.9. The smallest absolute Gasteiger partial charge is 0.344 e. The Kier molecular flexibility index (Phi) is 5.78. The number of ether oxygens (including phenoxy) is 2. The topological polar surface area (TPSA) is 64.6 Å². The number of hydrogen-bond donors (Lipinski definition) is 1. The summed E-state index contributed by atoms with van der Waals surface area (Å²) >= 11 is 6.01. The van der Waals surface area contributed by atoms with E-state index in [1.165, 1.54) is 11.1 Å². The molecule has 3 rings (SSSR count). The van der Waals surface area contributed by atoms with Gasteiger partial charge in [0.05, 0.1) is 0 Å². The molecule has 0 aromatic heterocycles. The number of anilines is 1. The fourth-order valence-electron chi connectivity index (χ4n) is 2.90. The lowest BCUT2D eigenvalue weighted by atomic mass is 10.1. The van der Waals surface area contributed by atoms with Crippen molar-refractivity contribution < 1.29 is 19.1 Å². The van der Waals surface area contributed by atoms with Crippen LogP contribution in [0.4, 0.5) is 5.69 Å². The van der Waals surface area contributed by atoms with E-state index >= 15 is 0 Å². The summed E-state index contributed by atoms with van der Waals surface area (Å²) in [4.78, 5) is 23.7. The van der Waals surface area contributed by atoms with Gasteiger partial charge in [-0.25, -0.2) is 4.79 Å². The summed E-state index contributed by atoms with van der Waals surface area (Å²) in [6.45, 7) is 1.19. The lowest BCUT2D eigenvalue weighted by Crippen LogP contribution is -2.24. The van der Waals surface area contributed by atoms with E-state index in [1.807, 2.05) is 18.2 Å². The highest BCUT2D eigenvalue weighted by Crippen LogP contribution is 2.26. The molecule has 136 valence electrons. The Hall–Kier alpha value is -2.53. The van der Waals surface area contributed by atoms with Crippen molar-refractivity contribution in [2.45, 2.75) is 26.2 Å². The first-order chi connectivity index (χ1) is 12.5. The number of carbonyl (C=O) groups excluding carboxylic acids is 2. The van der Waals surface area contributed by atoms with Crippen molar-refractivity contribution in [2.75, 3.05) is 18.5 Å². The zero-order valence-corrected chi connectivity index (χ0v) is 15.3. The summed E-state index contributed by atoms with van der Waals surface area (Å²) in [6, 6.07) is 11.1. The van der Waals surface area contributed by atoms with E-state index in [2.05, 4.69) is 5.32 Å². The van der Waals surface area contributed by atoms with Gasteiger partial charge in [0.2, 0.25) is 0 Å². The van der Waals surface area contributed by atoms with E-state index in [0.29, 0.717) is 16.5 Å². The van der Waals surface area contributed by atoms with Gasteiger partial charge >= 0.3 is 5.97 Å². The van der Waals surface area contributed by atoms with Crippen LogP contribution in [0.1, 0.15) is 23.1 Å². The molecule has 1 aliphatic carbocycles. The highest BCUT2D eigenvalue weighted by molar-refractivity contribution is 6.31. The normalized spacial score (nSPS) is 12.4. The highest BCUT2D eigenvalue weighted by Gasteiger charge is 2.13. The number of aryl methyl sites for hydroxylation is 2. The molecule has 1 N–H and O–H groups in total. The summed E-state index contributed by atoms with van der Waals surface area (Å²) in [5, 5.41) is 3.22. The molecular weight excluding hydrogens is 354 g/mol. The van der Waals surface area contributed by atoms with Crippen LogP contribution >= 0.6 is 11.6 Å². The molecule has 0 atom stereocenters. The van der Waals surface area contributed by atoms with Gasteiger partial charge in [0.15, 0.2) is 13.2 Å². The first-order valence-electron chi connectivity index (χ1n) is 8.48. The second-order valence-corrected chi connectivity index (χ2v) is 6.60. The molecule has 0 aliphatic heterocycles. The number of carbonyl (C=O) groups is 2. The van der Waals surface area contributed by atoms with Crippen molar-refractivity contribution in [3.05, 3.63) is 58.1 Å². The molecule has 0 saturated heterocycles. The molecule has 0 spiro atoms. The van der Waals surface area contributed by atoms with Crippen molar-refractivity contribution in [3.63, 3.8) is 0 Å². The van der Waals surface area contributed by atoms with Gasteiger partial charge in [-0.05, 0) is 67.1 Å². The second-order valence-electron chi connectivity index (χ2n) is 6.19. The molecule has 1 aliphatic rings. The van der Waals surface area contributed by atoms with E-state index < -0.39 is 11.9 Å². The van der Waals surface area contributed by atoms with Gasteiger partial charge in [-0.3, -0.25) is 4.79 Å². The van der Waals surface area contributed by atoms with Crippen molar-refractivity contribution in [1.82, 2.24) is 0 Å². The van der Waals surface area contributed by atoms with Crippen LogP contribution in [0, 0.1) is 6.92 Å². The first-order valence-corrected chi connectivity index (χ1v) is 8.86. The third kappa shape index (κ3) is 4.55. The Labute approximate surface area is 157 Å². The predicted molar refractivity (Wildman–Crippen MR) is 99.7 cm³/mol. The molecule has 5 nitrogen and oxygen atoms in total. The van der Waals surface area contributed by atoms with E-state index in [-0.39, 0.29) is 13.2 Å². The largest absolute Gasteiger partial charge is 0.482 e. The van der Waals surface area contributed by atoms with E-state index in [1.54, 1.807) is 25.1 Å². The van der Waals surface area contributed by atoms with Gasteiger partial charge in [-0.2, -0.15) is 0 Å². The Morgan fingerprint density at radius 2 is 1.92 bits per heavy atom. The minimum atomic E-state index is -0.594. The number of hydrogen-bond acceptors (Lipinski definition) is 4. The van der Waals surface area contributed by atoms with Crippen molar-refractivity contribution >= 4 is 29.2 Å². The second kappa shape index (κ2) is 8.23. The van der Waals surface area contributed by atoms with Gasteiger partial charge in [0.1, 0.15) is 5.75 Å². The fourth-order valence-corrected chi connectivity index (χ4v) is 3.07. The van der Waals surface area contributed by atoms with E-state index in [0.717, 1.165) is 24.8 Å². The van der Waals surface area contributed by atoms with E-state index in [4.69, 9.17) is 21.1 Å². The SMILES string of the molecule is Cc1c(Cl)cccc1NC(=O)COC(=O)COc1ccc2c(c1)CCC2. The minimum Gasteiger partial charge on any atom is -0.482 e. The number of benzene rings is 2. The lowest BCUT2D eigenvalue weighted by Gasteiger charge is -2.10. The van der Waals surface area contributed by atoms with Gasteiger partial charge in [0, 0.05) is 10.7 Å². The maximum absolute atomic E-state index is 11.9. The number of nitrogens with one attached hydrogen (secondary N) is 1. The zero-order chi connectivity index (χ0) is 18.5. The highest BCUT2D eigenvalue weighted by atomic mass is 35.5. The minimum absolute atomic E-state index is 0.234. The van der Waals surface area contributed by atoms with Crippen LogP contribution < -0.4 is 10.1 Å². The first kappa shape index (κ1) is 18.3. The number of halogens is 1. The standard InChI is InChI=1S/C20H20ClNO4/c1-13-17(21)6-3-7-18(13)22-19(23)11-26-20(24)12-25-16-9-8-14-4-2-5-15(14)10-16/h3,6-10H,2,4-5,11-12H2,1H3,(H,22,23). The summed E-state index contributed by atoms with van der Waals surface area (Å²) in [5.74, 6) is -0.383. The third-order valence-electron chi connectivity index (χ3n) is 4.33. The fraction of sp³-hybridized carbons (Fsp3) is 0.300. The summed E-state index contributed by atoms with van der Waals surface area (Å²) in [5.41, 5.74) is 3.96. The van der Waals surface area contributed by atoms with Crippen LogP contribution in [0.2, 0.25) is 5.02 Å². The quantitative estimate of drug-likeness (QED) is 0.784. The van der Waals surface area contributed by atoms with Gasteiger partial charge in [-0.1, -0.05) is 23.7 Å². The Balaban J connectivity index is 1.43. The Morgan fingerprint density at radius 1 is 1.12 bits per heavy atom. The molecule has 0 bridgehead atoms. The van der Waals surface area contributed by atoms with Gasteiger partial charge < -0.3 is 14.8 Å². The molecular formula is C20H20ClNO4. The van der Waals surface area contributed by atoms with Crippen molar-refractivity contribution in [3.8, 4) is 5.75 Å². The van der Waals surface area contributed by atoms with Crippen LogP contribution in [0.15, 0.2) is 36.4 Å². The molecule has 0 radical (unpaired) electrons. The molecule has 1 amide bonds. The molecule has 6 heteroatoms. The molecule has 0 fully saturated rings. The number of fused-ring (bicyclic) bond motifs is 1. The third-order valence-corrected chi connectivity index (χ3v) is 4.74. The lowest BCUT2D eigenvalue weighted by molar-refractivity contribution is -0.149. The van der Waals surface area contributed by atoms with Crippen LogP contribution in [-0.2, 0) is 27.2 Å². The summed E-state index contributed by atoms with van der Waals surface area (Å²) in [6.07, 6.45) is 3.29. The predicted octanol–water partition coefficient (Wildman–Crippen LogP) is 3.70. The molecule has 2 aromatic rings. The number of rotatable bonds is 6. The maximum Gasteiger partial charge on any atom is 0.344 e. The monoisotopic (exact) mass is 373 g/mol. The van der Waals surface area contributed by atoms with Crippen molar-refractivity contribution in [1.29, 1.82) is 0 Å². The van der Waals surface area contributed by atoms with Crippen LogP contribution in [0.5, 0.6) is 5.75 Å². The van der Waals surface area contributed by atoms with Crippen LogP contribution in [0.3, 0.4) is 0 Å². The summed E-state index contributed by atoms with van der Waals surface area (Å²) in [7, 11) is 0. The molecule has 0 saturated carbocycles. The molecule has 2 aromatic carbocycles. The van der Waals surface area contributed by atoms with Crippen molar-refractivity contribution in [2.24, 2.45) is 0 Å².